The number of carbonyl (C=O) groups excluding carboxylic acids is 2. The molecule has 1 aliphatic heterocycles. The van der Waals surface area contributed by atoms with Crippen LogP contribution in [0.4, 0.5) is 0 Å². The first-order chi connectivity index (χ1) is 17.0. The highest BCUT2D eigenvalue weighted by Gasteiger charge is 2.45. The van der Waals surface area contributed by atoms with Crippen LogP contribution in [0.2, 0.25) is 0 Å². The van der Waals surface area contributed by atoms with Gasteiger partial charge in [0, 0.05) is 25.8 Å². The van der Waals surface area contributed by atoms with Gasteiger partial charge in [-0.2, -0.15) is 0 Å². The van der Waals surface area contributed by atoms with E-state index < -0.39 is 17.7 Å². The van der Waals surface area contributed by atoms with Crippen LogP contribution in [0.5, 0.6) is 11.5 Å². The lowest BCUT2D eigenvalue weighted by atomic mass is 9.95. The summed E-state index contributed by atoms with van der Waals surface area (Å²) in [5, 5.41) is 11.3. The van der Waals surface area contributed by atoms with Crippen molar-refractivity contribution in [1.82, 2.24) is 4.90 Å². The van der Waals surface area contributed by atoms with Gasteiger partial charge in [0.1, 0.15) is 23.9 Å². The fourth-order valence-electron chi connectivity index (χ4n) is 3.96. The molecule has 1 fully saturated rings. The monoisotopic (exact) mass is 479 g/mol. The average molecular weight is 480 g/mol. The van der Waals surface area contributed by atoms with Gasteiger partial charge in [-0.25, -0.2) is 0 Å². The quantitative estimate of drug-likeness (QED) is 0.145. The normalized spacial score (nSPS) is 17.0. The van der Waals surface area contributed by atoms with E-state index in [2.05, 4.69) is 13.5 Å². The standard InChI is InChI=1S/C28H33NO6/c1-4-6-18-35-23-10-7-9-21(19-23)26(30)24-25(20-11-13-22(14-12-20)34-16-5-2)29(15-8-17-33-3)28(32)27(24)31/h5,7,9-14,19,25,30H,2,4,6,8,15-18H2,1,3H3/b26-24+. The third-order valence-corrected chi connectivity index (χ3v) is 5.73. The highest BCUT2D eigenvalue weighted by atomic mass is 16.5. The first kappa shape index (κ1) is 26.0. The second kappa shape index (κ2) is 12.8. The van der Waals surface area contributed by atoms with Gasteiger partial charge in [-0.05, 0) is 42.7 Å². The highest BCUT2D eigenvalue weighted by molar-refractivity contribution is 6.46. The highest BCUT2D eigenvalue weighted by Crippen LogP contribution is 2.40. The number of hydrogen-bond acceptors (Lipinski definition) is 6. The summed E-state index contributed by atoms with van der Waals surface area (Å²) < 4.78 is 16.5. The fourth-order valence-corrected chi connectivity index (χ4v) is 3.96. The molecule has 2 aromatic carbocycles. The number of hydrogen-bond donors (Lipinski definition) is 1. The molecule has 1 heterocycles. The Morgan fingerprint density at radius 1 is 1.06 bits per heavy atom. The van der Waals surface area contributed by atoms with Crippen molar-refractivity contribution in [3.05, 3.63) is 77.9 Å². The molecule has 1 aliphatic rings. The van der Waals surface area contributed by atoms with E-state index in [0.717, 1.165) is 12.8 Å². The van der Waals surface area contributed by atoms with Crippen molar-refractivity contribution in [2.45, 2.75) is 32.2 Å². The molecule has 7 nitrogen and oxygen atoms in total. The van der Waals surface area contributed by atoms with Crippen LogP contribution in [0.25, 0.3) is 5.76 Å². The van der Waals surface area contributed by atoms with Crippen LogP contribution in [-0.4, -0.2) is 55.2 Å². The zero-order valence-corrected chi connectivity index (χ0v) is 20.4. The Balaban J connectivity index is 2.01. The number of carbonyl (C=O) groups is 2. The molecular weight excluding hydrogens is 446 g/mol. The van der Waals surface area contributed by atoms with Gasteiger partial charge in [0.25, 0.3) is 11.7 Å². The number of Topliss-reactive ketones (excluding diaryl/α,β-unsaturated/α-hetero) is 1. The first-order valence-corrected chi connectivity index (χ1v) is 11.9. The molecule has 1 unspecified atom stereocenters. The number of benzene rings is 2. The predicted octanol–water partition coefficient (Wildman–Crippen LogP) is 4.89. The van der Waals surface area contributed by atoms with Gasteiger partial charge in [-0.3, -0.25) is 9.59 Å². The molecule has 1 N–H and O–H groups in total. The van der Waals surface area contributed by atoms with Gasteiger partial charge >= 0.3 is 0 Å². The van der Waals surface area contributed by atoms with E-state index in [4.69, 9.17) is 14.2 Å². The summed E-state index contributed by atoms with van der Waals surface area (Å²) in [7, 11) is 1.59. The number of ether oxygens (including phenoxy) is 3. The Hall–Kier alpha value is -3.58. The van der Waals surface area contributed by atoms with Crippen LogP contribution >= 0.6 is 0 Å². The molecule has 1 saturated heterocycles. The molecule has 3 rings (SSSR count). The molecule has 0 spiro atoms. The molecule has 1 amide bonds. The number of likely N-dealkylation sites (tertiary alicyclic amines) is 1. The molecule has 2 aromatic rings. The SMILES string of the molecule is C=CCOc1ccc(C2/C(=C(\O)c3cccc(OCCCC)c3)C(=O)C(=O)N2CCCOC)cc1. The van der Waals surface area contributed by atoms with Crippen molar-refractivity contribution in [3.63, 3.8) is 0 Å². The molecule has 1 atom stereocenters. The Bertz CT molecular complexity index is 1060. The van der Waals surface area contributed by atoms with Crippen LogP contribution in [0.3, 0.4) is 0 Å². The Morgan fingerprint density at radius 3 is 2.51 bits per heavy atom. The fraction of sp³-hybridized carbons (Fsp3) is 0.357. The van der Waals surface area contributed by atoms with Gasteiger partial charge < -0.3 is 24.2 Å². The Kier molecular flexibility index (Phi) is 9.49. The van der Waals surface area contributed by atoms with Crippen molar-refractivity contribution in [3.8, 4) is 11.5 Å². The molecule has 0 radical (unpaired) electrons. The molecule has 0 bridgehead atoms. The van der Waals surface area contributed by atoms with Gasteiger partial charge in [0.2, 0.25) is 0 Å². The summed E-state index contributed by atoms with van der Waals surface area (Å²) in [6.45, 7) is 7.41. The molecule has 0 aromatic heterocycles. The van der Waals surface area contributed by atoms with Crippen molar-refractivity contribution in [2.24, 2.45) is 0 Å². The third-order valence-electron chi connectivity index (χ3n) is 5.73. The van der Waals surface area contributed by atoms with Crippen LogP contribution in [0, 0.1) is 0 Å². The minimum absolute atomic E-state index is 0.0536. The number of ketones is 1. The van der Waals surface area contributed by atoms with E-state index in [0.29, 0.717) is 55.4 Å². The molecule has 7 heteroatoms. The second-order valence-electron chi connectivity index (χ2n) is 8.24. The van der Waals surface area contributed by atoms with Crippen LogP contribution in [-0.2, 0) is 14.3 Å². The van der Waals surface area contributed by atoms with Gasteiger partial charge in [-0.1, -0.05) is 50.3 Å². The first-order valence-electron chi connectivity index (χ1n) is 11.9. The van der Waals surface area contributed by atoms with Gasteiger partial charge in [0.05, 0.1) is 18.2 Å². The van der Waals surface area contributed by atoms with Crippen molar-refractivity contribution in [2.75, 3.05) is 33.5 Å². The second-order valence-corrected chi connectivity index (χ2v) is 8.24. The number of amides is 1. The Morgan fingerprint density at radius 2 is 1.83 bits per heavy atom. The van der Waals surface area contributed by atoms with Gasteiger partial charge in [-0.15, -0.1) is 0 Å². The van der Waals surface area contributed by atoms with E-state index in [1.54, 1.807) is 61.7 Å². The van der Waals surface area contributed by atoms with Gasteiger partial charge in [0.15, 0.2) is 0 Å². The smallest absolute Gasteiger partial charge is 0.295 e. The zero-order valence-electron chi connectivity index (χ0n) is 20.4. The Labute approximate surface area is 206 Å². The van der Waals surface area contributed by atoms with E-state index in [-0.39, 0.29) is 11.3 Å². The topological polar surface area (TPSA) is 85.3 Å². The largest absolute Gasteiger partial charge is 0.507 e. The number of methoxy groups -OCH3 is 1. The summed E-state index contributed by atoms with van der Waals surface area (Å²) in [6.07, 6.45) is 4.12. The summed E-state index contributed by atoms with van der Waals surface area (Å²) >= 11 is 0. The average Bonchev–Trinajstić information content (AvgIpc) is 3.13. The summed E-state index contributed by atoms with van der Waals surface area (Å²) in [4.78, 5) is 27.6. The molecule has 186 valence electrons. The zero-order chi connectivity index (χ0) is 25.2. The van der Waals surface area contributed by atoms with Crippen molar-refractivity contribution < 1.29 is 28.9 Å². The van der Waals surface area contributed by atoms with E-state index in [9.17, 15) is 14.7 Å². The van der Waals surface area contributed by atoms with E-state index in [1.165, 1.54) is 4.90 Å². The molecule has 0 saturated carbocycles. The van der Waals surface area contributed by atoms with Crippen LogP contribution in [0.1, 0.15) is 43.4 Å². The predicted molar refractivity (Wildman–Crippen MR) is 134 cm³/mol. The molecule has 0 aliphatic carbocycles. The van der Waals surface area contributed by atoms with E-state index >= 15 is 0 Å². The van der Waals surface area contributed by atoms with E-state index in [1.807, 2.05) is 0 Å². The number of unbranched alkanes of at least 4 members (excludes halogenated alkanes) is 1. The van der Waals surface area contributed by atoms with Crippen LogP contribution in [0.15, 0.2) is 66.8 Å². The minimum Gasteiger partial charge on any atom is -0.507 e. The lowest BCUT2D eigenvalue weighted by Gasteiger charge is -2.25. The minimum atomic E-state index is -0.732. The lowest BCUT2D eigenvalue weighted by Crippen LogP contribution is -2.31. The summed E-state index contributed by atoms with van der Waals surface area (Å²) in [6, 6.07) is 13.4. The van der Waals surface area contributed by atoms with Crippen molar-refractivity contribution in [1.29, 1.82) is 0 Å². The molecule has 35 heavy (non-hydrogen) atoms. The van der Waals surface area contributed by atoms with Crippen LogP contribution < -0.4 is 9.47 Å². The summed E-state index contributed by atoms with van der Waals surface area (Å²) in [5.74, 6) is -0.348. The van der Waals surface area contributed by atoms with Crippen molar-refractivity contribution >= 4 is 17.4 Å². The lowest BCUT2D eigenvalue weighted by molar-refractivity contribution is -0.140. The molecular formula is C28H33NO6. The number of rotatable bonds is 13. The number of aliphatic hydroxyl groups is 1. The third kappa shape index (κ3) is 6.31. The maximum absolute atomic E-state index is 13.1. The maximum Gasteiger partial charge on any atom is 0.295 e. The number of nitrogens with zero attached hydrogens (tertiary/aromatic N) is 1. The number of aliphatic hydroxyl groups excluding tert-OH is 1. The maximum atomic E-state index is 13.1. The summed E-state index contributed by atoms with van der Waals surface area (Å²) in [5.41, 5.74) is 1.17.